The van der Waals surface area contributed by atoms with E-state index in [9.17, 15) is 18.8 Å². The van der Waals surface area contributed by atoms with E-state index in [0.29, 0.717) is 23.2 Å². The van der Waals surface area contributed by atoms with E-state index < -0.39 is 17.1 Å². The highest BCUT2D eigenvalue weighted by molar-refractivity contribution is 7.17. The van der Waals surface area contributed by atoms with Gasteiger partial charge in [-0.3, -0.25) is 14.2 Å². The van der Waals surface area contributed by atoms with Crippen molar-refractivity contribution in [2.45, 2.75) is 19.4 Å². The first-order valence-corrected chi connectivity index (χ1v) is 10.8. The first-order chi connectivity index (χ1) is 15.0. The number of carbonyl (C=O) groups excluding carboxylic acids is 1. The molecular formula is C23H18FN3O3S. The number of benzene rings is 2. The van der Waals surface area contributed by atoms with E-state index in [-0.39, 0.29) is 18.1 Å². The fourth-order valence-electron chi connectivity index (χ4n) is 3.97. The van der Waals surface area contributed by atoms with Crippen molar-refractivity contribution in [1.82, 2.24) is 9.13 Å². The maximum atomic E-state index is 13.8. The van der Waals surface area contributed by atoms with Gasteiger partial charge in [0, 0.05) is 18.7 Å². The van der Waals surface area contributed by atoms with Crippen molar-refractivity contribution in [3.63, 3.8) is 0 Å². The summed E-state index contributed by atoms with van der Waals surface area (Å²) in [5, 5.41) is 1.76. The maximum Gasteiger partial charge on any atom is 0.336 e. The highest BCUT2D eigenvalue weighted by atomic mass is 32.1. The standard InChI is InChI=1S/C23H18FN3O3S/c24-16-3-1-4-18(13-16)27-22(29)21-19(10-12-31-21)26(23(27)30)14-15-6-8-17(9-7-15)25-11-2-5-20(25)28/h1,3-4,6-10,12-13H,2,5,11,14H2. The summed E-state index contributed by atoms with van der Waals surface area (Å²) >= 11 is 1.25. The lowest BCUT2D eigenvalue weighted by molar-refractivity contribution is -0.117. The van der Waals surface area contributed by atoms with Crippen LogP contribution in [0.5, 0.6) is 0 Å². The summed E-state index contributed by atoms with van der Waals surface area (Å²) < 4.78 is 16.7. The quantitative estimate of drug-likeness (QED) is 0.493. The van der Waals surface area contributed by atoms with Crippen molar-refractivity contribution in [3.05, 3.63) is 92.2 Å². The lowest BCUT2D eigenvalue weighted by Gasteiger charge is -2.16. The molecule has 0 atom stereocenters. The van der Waals surface area contributed by atoms with Crippen LogP contribution in [-0.2, 0) is 11.3 Å². The van der Waals surface area contributed by atoms with Crippen LogP contribution in [0, 0.1) is 5.82 Å². The van der Waals surface area contributed by atoms with E-state index in [0.717, 1.165) is 22.2 Å². The topological polar surface area (TPSA) is 64.3 Å². The Labute approximate surface area is 180 Å². The van der Waals surface area contributed by atoms with Crippen molar-refractivity contribution >= 4 is 33.1 Å². The van der Waals surface area contributed by atoms with Crippen LogP contribution >= 0.6 is 11.3 Å². The predicted octanol–water partition coefficient (Wildman–Crippen LogP) is 3.53. The Hall–Kier alpha value is -3.52. The Kier molecular flexibility index (Phi) is 4.78. The second-order valence-corrected chi connectivity index (χ2v) is 8.36. The van der Waals surface area contributed by atoms with Gasteiger partial charge in [0.1, 0.15) is 10.5 Å². The summed E-state index contributed by atoms with van der Waals surface area (Å²) in [4.78, 5) is 40.0. The van der Waals surface area contributed by atoms with Crippen molar-refractivity contribution in [1.29, 1.82) is 0 Å². The van der Waals surface area contributed by atoms with Crippen molar-refractivity contribution in [3.8, 4) is 5.69 Å². The molecule has 2 aromatic heterocycles. The summed E-state index contributed by atoms with van der Waals surface area (Å²) in [5.74, 6) is -0.403. The van der Waals surface area contributed by atoms with Gasteiger partial charge in [-0.1, -0.05) is 18.2 Å². The molecule has 31 heavy (non-hydrogen) atoms. The molecule has 0 unspecified atom stereocenters. The minimum atomic E-state index is -0.528. The Morgan fingerprint density at radius 3 is 2.48 bits per heavy atom. The smallest absolute Gasteiger partial charge is 0.312 e. The molecular weight excluding hydrogens is 417 g/mol. The minimum absolute atomic E-state index is 0.117. The van der Waals surface area contributed by atoms with Gasteiger partial charge in [-0.15, -0.1) is 11.3 Å². The molecule has 156 valence electrons. The number of nitrogens with zero attached hydrogens (tertiary/aromatic N) is 3. The summed E-state index contributed by atoms with van der Waals surface area (Å²) in [7, 11) is 0. The number of carbonyl (C=O) groups is 1. The molecule has 5 rings (SSSR count). The maximum absolute atomic E-state index is 13.8. The van der Waals surface area contributed by atoms with Gasteiger partial charge in [-0.05, 0) is 53.8 Å². The Bertz CT molecular complexity index is 1420. The zero-order chi connectivity index (χ0) is 21.5. The second kappa shape index (κ2) is 7.63. The third kappa shape index (κ3) is 3.38. The van der Waals surface area contributed by atoms with Gasteiger partial charge in [0.25, 0.3) is 5.56 Å². The SMILES string of the molecule is O=C1CCCN1c1ccc(Cn2c(=O)n(-c3cccc(F)c3)c(=O)c3sccc32)cc1. The summed E-state index contributed by atoms with van der Waals surface area (Å²) in [6.07, 6.45) is 1.42. The monoisotopic (exact) mass is 435 g/mol. The zero-order valence-electron chi connectivity index (χ0n) is 16.5. The van der Waals surface area contributed by atoms with Crippen LogP contribution < -0.4 is 16.1 Å². The number of aromatic nitrogens is 2. The Morgan fingerprint density at radius 1 is 0.968 bits per heavy atom. The van der Waals surface area contributed by atoms with Crippen molar-refractivity contribution in [2.24, 2.45) is 0 Å². The first kappa shape index (κ1) is 19.4. The molecule has 8 heteroatoms. The molecule has 6 nitrogen and oxygen atoms in total. The fourth-order valence-corrected chi connectivity index (χ4v) is 4.79. The predicted molar refractivity (Wildman–Crippen MR) is 119 cm³/mol. The van der Waals surface area contributed by atoms with E-state index in [1.54, 1.807) is 16.3 Å². The van der Waals surface area contributed by atoms with Gasteiger partial charge in [0.05, 0.1) is 17.7 Å². The Balaban J connectivity index is 1.59. The number of anilines is 1. The van der Waals surface area contributed by atoms with Gasteiger partial charge >= 0.3 is 5.69 Å². The molecule has 3 heterocycles. The van der Waals surface area contributed by atoms with Crippen molar-refractivity contribution in [2.75, 3.05) is 11.4 Å². The van der Waals surface area contributed by atoms with Crippen LogP contribution in [-0.4, -0.2) is 21.6 Å². The highest BCUT2D eigenvalue weighted by Crippen LogP contribution is 2.23. The zero-order valence-corrected chi connectivity index (χ0v) is 17.3. The molecule has 2 aromatic carbocycles. The molecule has 1 fully saturated rings. The molecule has 0 N–H and O–H groups in total. The molecule has 0 spiro atoms. The third-order valence-corrected chi connectivity index (χ3v) is 6.37. The highest BCUT2D eigenvalue weighted by Gasteiger charge is 2.21. The third-order valence-electron chi connectivity index (χ3n) is 5.48. The minimum Gasteiger partial charge on any atom is -0.312 e. The number of hydrogen-bond acceptors (Lipinski definition) is 4. The summed E-state index contributed by atoms with van der Waals surface area (Å²) in [6, 6.07) is 14.7. The van der Waals surface area contributed by atoms with Crippen LogP contribution in [0.25, 0.3) is 15.9 Å². The molecule has 0 saturated carbocycles. The molecule has 0 bridgehead atoms. The normalized spacial score (nSPS) is 14.0. The molecule has 0 aliphatic carbocycles. The fraction of sp³-hybridized carbons (Fsp3) is 0.174. The number of fused-ring (bicyclic) bond motifs is 1. The number of hydrogen-bond donors (Lipinski definition) is 0. The van der Waals surface area contributed by atoms with Crippen LogP contribution in [0.2, 0.25) is 0 Å². The molecule has 1 aliphatic rings. The number of amides is 1. The van der Waals surface area contributed by atoms with Gasteiger partial charge in [-0.25, -0.2) is 13.8 Å². The lowest BCUT2D eigenvalue weighted by Crippen LogP contribution is -2.38. The van der Waals surface area contributed by atoms with Crippen LogP contribution in [0.4, 0.5) is 10.1 Å². The van der Waals surface area contributed by atoms with E-state index in [4.69, 9.17) is 0 Å². The molecule has 1 saturated heterocycles. The van der Waals surface area contributed by atoms with E-state index in [1.165, 1.54) is 40.2 Å². The van der Waals surface area contributed by atoms with Crippen LogP contribution in [0.3, 0.4) is 0 Å². The van der Waals surface area contributed by atoms with E-state index >= 15 is 0 Å². The number of thiophene rings is 1. The van der Waals surface area contributed by atoms with Gasteiger partial charge < -0.3 is 4.90 Å². The lowest BCUT2D eigenvalue weighted by atomic mass is 10.2. The largest absolute Gasteiger partial charge is 0.336 e. The van der Waals surface area contributed by atoms with Crippen molar-refractivity contribution < 1.29 is 9.18 Å². The first-order valence-electron chi connectivity index (χ1n) is 9.91. The molecule has 4 aromatic rings. The average Bonchev–Trinajstić information content (AvgIpc) is 3.41. The number of halogens is 1. The Morgan fingerprint density at radius 2 is 1.77 bits per heavy atom. The average molecular weight is 435 g/mol. The van der Waals surface area contributed by atoms with Gasteiger partial charge in [0.15, 0.2) is 0 Å². The molecule has 0 radical (unpaired) electrons. The summed E-state index contributed by atoms with van der Waals surface area (Å²) in [6.45, 7) is 0.960. The molecule has 1 aliphatic heterocycles. The van der Waals surface area contributed by atoms with Gasteiger partial charge in [0.2, 0.25) is 5.91 Å². The van der Waals surface area contributed by atoms with E-state index in [2.05, 4.69) is 0 Å². The van der Waals surface area contributed by atoms with Gasteiger partial charge in [-0.2, -0.15) is 0 Å². The van der Waals surface area contributed by atoms with E-state index in [1.807, 2.05) is 24.3 Å². The summed E-state index contributed by atoms with van der Waals surface area (Å²) in [5.41, 5.74) is 1.45. The number of rotatable bonds is 4. The van der Waals surface area contributed by atoms with Crippen LogP contribution in [0.1, 0.15) is 18.4 Å². The molecule has 1 amide bonds. The van der Waals surface area contributed by atoms with Crippen LogP contribution in [0.15, 0.2) is 69.6 Å². The second-order valence-electron chi connectivity index (χ2n) is 7.44.